The van der Waals surface area contributed by atoms with Crippen molar-refractivity contribution in [1.82, 2.24) is 0 Å². The summed E-state index contributed by atoms with van der Waals surface area (Å²) in [4.78, 5) is 0. The average Bonchev–Trinajstić information content (AvgIpc) is 2.66. The first kappa shape index (κ1) is 25.7. The number of rotatable bonds is 15. The fourth-order valence-electron chi connectivity index (χ4n) is 4.02. The van der Waals surface area contributed by atoms with E-state index < -0.39 is 0 Å². The van der Waals surface area contributed by atoms with Crippen LogP contribution in [0.4, 0.5) is 0 Å². The Bertz CT molecular complexity index is 388. The molecule has 0 aliphatic carbocycles. The van der Waals surface area contributed by atoms with Crippen LogP contribution in [0, 0.1) is 11.8 Å². The number of hydrogen-bond donors (Lipinski definition) is 1. The van der Waals surface area contributed by atoms with E-state index in [2.05, 4.69) is 63.3 Å². The fraction of sp³-hybridized carbons (Fsp3) is 0.750. The van der Waals surface area contributed by atoms with Crippen molar-refractivity contribution < 1.29 is 22.3 Å². The summed E-state index contributed by atoms with van der Waals surface area (Å²) in [6, 6.07) is 11.8. The molecule has 2 atom stereocenters. The van der Waals surface area contributed by atoms with E-state index >= 15 is 0 Å². The number of nitrogens with two attached hydrogens (primary N) is 1. The van der Waals surface area contributed by atoms with Crippen LogP contribution in [-0.2, 0) is 6.54 Å². The topological polar surface area (TPSA) is 16.6 Å². The van der Waals surface area contributed by atoms with E-state index in [9.17, 15) is 0 Å². The molecule has 0 saturated heterocycles. The summed E-state index contributed by atoms with van der Waals surface area (Å²) < 4.78 is 0. The van der Waals surface area contributed by atoms with Crippen molar-refractivity contribution >= 4 is 0 Å². The second kappa shape index (κ2) is 16.8. The maximum atomic E-state index is 2.65. The van der Waals surface area contributed by atoms with Crippen molar-refractivity contribution in [2.24, 2.45) is 11.8 Å². The second-order valence-electron chi connectivity index (χ2n) is 7.99. The SMILES string of the molecule is CCCCC(CC)CC(CC(CC)CCCC)[NH2+]Cc1ccccc1.[Br-]. The van der Waals surface area contributed by atoms with Crippen LogP contribution in [0.5, 0.6) is 0 Å². The Labute approximate surface area is 174 Å². The third kappa shape index (κ3) is 11.4. The summed E-state index contributed by atoms with van der Waals surface area (Å²) >= 11 is 0. The first-order valence-corrected chi connectivity index (χ1v) is 11.1. The summed E-state index contributed by atoms with van der Waals surface area (Å²) in [5.41, 5.74) is 1.47. The van der Waals surface area contributed by atoms with Gasteiger partial charge in [0, 0.05) is 18.4 Å². The van der Waals surface area contributed by atoms with Gasteiger partial charge in [-0.05, 0) is 11.8 Å². The zero-order chi connectivity index (χ0) is 18.3. The molecular formula is C24H44BrN. The average molecular weight is 427 g/mol. The zero-order valence-corrected chi connectivity index (χ0v) is 19.4. The van der Waals surface area contributed by atoms with E-state index in [4.69, 9.17) is 0 Å². The highest BCUT2D eigenvalue weighted by Crippen LogP contribution is 2.23. The van der Waals surface area contributed by atoms with E-state index in [-0.39, 0.29) is 17.0 Å². The Morgan fingerprint density at radius 3 is 1.69 bits per heavy atom. The molecule has 1 rings (SSSR count). The largest absolute Gasteiger partial charge is 1.00 e. The van der Waals surface area contributed by atoms with E-state index in [1.54, 1.807) is 0 Å². The van der Waals surface area contributed by atoms with Gasteiger partial charge in [-0.1, -0.05) is 109 Å². The van der Waals surface area contributed by atoms with Gasteiger partial charge in [-0.3, -0.25) is 0 Å². The van der Waals surface area contributed by atoms with Crippen LogP contribution < -0.4 is 22.3 Å². The Morgan fingerprint density at radius 2 is 1.27 bits per heavy atom. The van der Waals surface area contributed by atoms with Gasteiger partial charge in [0.15, 0.2) is 0 Å². The second-order valence-corrected chi connectivity index (χ2v) is 7.99. The van der Waals surface area contributed by atoms with Crippen molar-refractivity contribution in [3.05, 3.63) is 35.9 Å². The molecule has 0 spiro atoms. The van der Waals surface area contributed by atoms with Crippen LogP contribution in [0.3, 0.4) is 0 Å². The molecule has 152 valence electrons. The lowest BCUT2D eigenvalue weighted by Crippen LogP contribution is -3.00. The summed E-state index contributed by atoms with van der Waals surface area (Å²) in [6.45, 7) is 10.6. The molecule has 2 heteroatoms. The van der Waals surface area contributed by atoms with Gasteiger partial charge in [0.1, 0.15) is 6.54 Å². The number of unbranched alkanes of at least 4 members (excludes halogenated alkanes) is 2. The Morgan fingerprint density at radius 1 is 0.769 bits per heavy atom. The van der Waals surface area contributed by atoms with Crippen LogP contribution >= 0.6 is 0 Å². The quantitative estimate of drug-likeness (QED) is 0.443. The van der Waals surface area contributed by atoms with Crippen LogP contribution in [0.1, 0.15) is 97.5 Å². The number of quaternary nitrogens is 1. The zero-order valence-electron chi connectivity index (χ0n) is 17.9. The molecule has 2 N–H and O–H groups in total. The minimum Gasteiger partial charge on any atom is -1.00 e. The Hall–Kier alpha value is -0.340. The van der Waals surface area contributed by atoms with E-state index in [1.807, 2.05) is 0 Å². The fourth-order valence-corrected chi connectivity index (χ4v) is 4.02. The lowest BCUT2D eigenvalue weighted by atomic mass is 9.85. The van der Waals surface area contributed by atoms with Crippen molar-refractivity contribution in [3.63, 3.8) is 0 Å². The minimum atomic E-state index is 0. The van der Waals surface area contributed by atoms with Gasteiger partial charge < -0.3 is 22.3 Å². The maximum Gasteiger partial charge on any atom is 0.101 e. The van der Waals surface area contributed by atoms with Crippen molar-refractivity contribution in [1.29, 1.82) is 0 Å². The van der Waals surface area contributed by atoms with Crippen molar-refractivity contribution in [2.75, 3.05) is 0 Å². The van der Waals surface area contributed by atoms with Gasteiger partial charge in [-0.15, -0.1) is 0 Å². The minimum absolute atomic E-state index is 0. The highest BCUT2D eigenvalue weighted by molar-refractivity contribution is 5.12. The normalized spacial score (nSPS) is 14.5. The van der Waals surface area contributed by atoms with Gasteiger partial charge in [0.05, 0.1) is 6.04 Å². The molecule has 0 aliphatic rings. The first-order chi connectivity index (χ1) is 12.2. The van der Waals surface area contributed by atoms with Gasteiger partial charge in [-0.2, -0.15) is 0 Å². The highest BCUT2D eigenvalue weighted by Gasteiger charge is 2.21. The molecule has 26 heavy (non-hydrogen) atoms. The molecule has 0 radical (unpaired) electrons. The molecule has 1 aromatic carbocycles. The van der Waals surface area contributed by atoms with Crippen LogP contribution in [0.15, 0.2) is 30.3 Å². The Kier molecular flexibility index (Phi) is 16.6. The van der Waals surface area contributed by atoms with Crippen molar-refractivity contribution in [2.45, 2.75) is 104 Å². The van der Waals surface area contributed by atoms with E-state index in [1.165, 1.54) is 69.8 Å². The summed E-state index contributed by atoms with van der Waals surface area (Å²) in [5.74, 6) is 1.83. The Balaban J connectivity index is 0.00000625. The summed E-state index contributed by atoms with van der Waals surface area (Å²) in [7, 11) is 0. The van der Waals surface area contributed by atoms with Gasteiger partial charge in [0.2, 0.25) is 0 Å². The molecule has 2 unspecified atom stereocenters. The molecule has 0 heterocycles. The van der Waals surface area contributed by atoms with E-state index in [0.717, 1.165) is 24.4 Å². The third-order valence-electron chi connectivity index (χ3n) is 5.89. The molecule has 0 amide bonds. The molecule has 0 saturated carbocycles. The predicted molar refractivity (Wildman–Crippen MR) is 112 cm³/mol. The number of benzene rings is 1. The lowest BCUT2D eigenvalue weighted by molar-refractivity contribution is -0.707. The molecule has 0 aromatic heterocycles. The molecule has 1 aromatic rings. The maximum absolute atomic E-state index is 2.65. The van der Waals surface area contributed by atoms with Gasteiger partial charge in [-0.25, -0.2) is 0 Å². The van der Waals surface area contributed by atoms with E-state index in [0.29, 0.717) is 0 Å². The molecule has 1 nitrogen and oxygen atoms in total. The molecule has 0 aliphatic heterocycles. The monoisotopic (exact) mass is 425 g/mol. The van der Waals surface area contributed by atoms with Crippen LogP contribution in [-0.4, -0.2) is 6.04 Å². The standard InChI is InChI=1S/C24H43N.BrH/c1-5-9-14-21(7-3)18-24(19-22(8-4)15-10-6-2)25-20-23-16-12-11-13-17-23;/h11-13,16-17,21-22,24-25H,5-10,14-15,18-20H2,1-4H3;1H. The predicted octanol–water partition coefficient (Wildman–Crippen LogP) is 3.34. The number of halogens is 1. The van der Waals surface area contributed by atoms with Crippen LogP contribution in [0.25, 0.3) is 0 Å². The first-order valence-electron chi connectivity index (χ1n) is 11.1. The summed E-state index contributed by atoms with van der Waals surface area (Å²) in [5, 5.41) is 2.65. The van der Waals surface area contributed by atoms with Gasteiger partial charge in [0.25, 0.3) is 0 Å². The summed E-state index contributed by atoms with van der Waals surface area (Å²) in [6.07, 6.45) is 13.8. The van der Waals surface area contributed by atoms with Crippen LogP contribution in [0.2, 0.25) is 0 Å². The van der Waals surface area contributed by atoms with Crippen molar-refractivity contribution in [3.8, 4) is 0 Å². The molecule has 0 fully saturated rings. The number of hydrogen-bond acceptors (Lipinski definition) is 0. The third-order valence-corrected chi connectivity index (χ3v) is 5.89. The molecule has 0 bridgehead atoms. The lowest BCUT2D eigenvalue weighted by Gasteiger charge is -2.25. The highest BCUT2D eigenvalue weighted by atomic mass is 79.9. The molecular weight excluding hydrogens is 382 g/mol. The van der Waals surface area contributed by atoms with Gasteiger partial charge >= 0.3 is 0 Å². The smallest absolute Gasteiger partial charge is 0.101 e.